The van der Waals surface area contributed by atoms with Crippen LogP contribution in [-0.2, 0) is 9.59 Å². The van der Waals surface area contributed by atoms with Gasteiger partial charge in [0.25, 0.3) is 0 Å². The number of carbonyl (C=O) groups is 2. The number of amides is 2. The van der Waals surface area contributed by atoms with E-state index in [2.05, 4.69) is 4.98 Å². The van der Waals surface area contributed by atoms with Crippen molar-refractivity contribution in [3.05, 3.63) is 16.6 Å². The van der Waals surface area contributed by atoms with Crippen LogP contribution in [0.2, 0.25) is 0 Å². The van der Waals surface area contributed by atoms with Crippen molar-refractivity contribution >= 4 is 23.2 Å². The molecule has 0 radical (unpaired) electrons. The van der Waals surface area contributed by atoms with E-state index >= 15 is 0 Å². The molecule has 2 saturated heterocycles. The first-order valence-corrected chi connectivity index (χ1v) is 9.58. The first-order valence-electron chi connectivity index (χ1n) is 8.70. The van der Waals surface area contributed by atoms with Crippen LogP contribution in [0.3, 0.4) is 0 Å². The van der Waals surface area contributed by atoms with Crippen LogP contribution in [-0.4, -0.2) is 46.2 Å². The van der Waals surface area contributed by atoms with E-state index < -0.39 is 0 Å². The molecule has 0 unspecified atom stereocenters. The van der Waals surface area contributed by atoms with Crippen LogP contribution in [0, 0.1) is 11.8 Å². The fourth-order valence-corrected chi connectivity index (χ4v) is 4.60. The van der Waals surface area contributed by atoms with Crippen LogP contribution in [0.25, 0.3) is 0 Å². The summed E-state index contributed by atoms with van der Waals surface area (Å²) in [5, 5.41) is 3.01. The second-order valence-corrected chi connectivity index (χ2v) is 7.98. The molecule has 3 heterocycles. The summed E-state index contributed by atoms with van der Waals surface area (Å²) in [7, 11) is 0. The van der Waals surface area contributed by atoms with E-state index in [0.29, 0.717) is 18.9 Å². The van der Waals surface area contributed by atoms with E-state index in [1.807, 2.05) is 21.4 Å². The summed E-state index contributed by atoms with van der Waals surface area (Å²) in [6.07, 6.45) is 7.87. The molecule has 0 N–H and O–H groups in total. The Morgan fingerprint density at radius 1 is 1.30 bits per heavy atom. The third kappa shape index (κ3) is 3.13. The lowest BCUT2D eigenvalue weighted by Gasteiger charge is -2.36. The van der Waals surface area contributed by atoms with E-state index in [1.54, 1.807) is 11.3 Å². The molecule has 2 atom stereocenters. The normalized spacial score (nSPS) is 28.4. The van der Waals surface area contributed by atoms with Crippen molar-refractivity contribution in [2.75, 3.05) is 19.6 Å². The van der Waals surface area contributed by atoms with Gasteiger partial charge in [-0.25, -0.2) is 4.98 Å². The molecule has 5 nitrogen and oxygen atoms in total. The summed E-state index contributed by atoms with van der Waals surface area (Å²) in [6, 6.07) is 0.115. The van der Waals surface area contributed by atoms with Gasteiger partial charge in [0.1, 0.15) is 5.01 Å². The van der Waals surface area contributed by atoms with Gasteiger partial charge in [-0.3, -0.25) is 9.59 Å². The Balaban J connectivity index is 1.45. The number of carbonyl (C=O) groups excluding carboxylic acids is 2. The first-order chi connectivity index (χ1) is 11.2. The minimum absolute atomic E-state index is 0.115. The average molecular weight is 333 g/mol. The van der Waals surface area contributed by atoms with Crippen molar-refractivity contribution < 1.29 is 9.59 Å². The Morgan fingerprint density at radius 2 is 2.17 bits per heavy atom. The quantitative estimate of drug-likeness (QED) is 0.850. The molecule has 0 spiro atoms. The van der Waals surface area contributed by atoms with Crippen LogP contribution < -0.4 is 0 Å². The van der Waals surface area contributed by atoms with Crippen LogP contribution in [0.4, 0.5) is 0 Å². The number of hydrogen-bond acceptors (Lipinski definition) is 4. The zero-order valence-electron chi connectivity index (χ0n) is 13.3. The monoisotopic (exact) mass is 333 g/mol. The number of hydrogen-bond donors (Lipinski definition) is 0. The zero-order chi connectivity index (χ0) is 15.8. The maximum absolute atomic E-state index is 13.0. The lowest BCUT2D eigenvalue weighted by molar-refractivity contribution is -0.139. The number of nitrogens with zero attached hydrogens (tertiary/aromatic N) is 3. The summed E-state index contributed by atoms with van der Waals surface area (Å²) in [4.78, 5) is 33.6. The maximum atomic E-state index is 13.0. The maximum Gasteiger partial charge on any atom is 0.228 e. The van der Waals surface area contributed by atoms with Gasteiger partial charge < -0.3 is 9.80 Å². The van der Waals surface area contributed by atoms with E-state index in [1.165, 1.54) is 12.8 Å². The molecule has 2 amide bonds. The van der Waals surface area contributed by atoms with Gasteiger partial charge in [-0.05, 0) is 38.0 Å². The number of rotatable bonds is 4. The molecule has 2 aliphatic heterocycles. The molecule has 1 saturated carbocycles. The number of thiazole rings is 1. The van der Waals surface area contributed by atoms with Crippen molar-refractivity contribution in [3.8, 4) is 0 Å². The van der Waals surface area contributed by atoms with Crippen molar-refractivity contribution in [2.24, 2.45) is 11.8 Å². The smallest absolute Gasteiger partial charge is 0.228 e. The molecule has 1 aliphatic carbocycles. The lowest BCUT2D eigenvalue weighted by atomic mass is 9.99. The SMILES string of the molecule is O=C1C[C@H](C(=O)N2CCCC[C@@H]2c2nccs2)CN1CC1CC1. The highest BCUT2D eigenvalue weighted by Gasteiger charge is 2.41. The van der Waals surface area contributed by atoms with Gasteiger partial charge >= 0.3 is 0 Å². The molecule has 1 aromatic heterocycles. The van der Waals surface area contributed by atoms with Crippen LogP contribution in [0.15, 0.2) is 11.6 Å². The van der Waals surface area contributed by atoms with Gasteiger partial charge in [0.2, 0.25) is 11.8 Å². The molecule has 0 aromatic carbocycles. The van der Waals surface area contributed by atoms with Gasteiger partial charge in [-0.1, -0.05) is 0 Å². The Morgan fingerprint density at radius 3 is 2.91 bits per heavy atom. The van der Waals surface area contributed by atoms with Gasteiger partial charge in [0.15, 0.2) is 0 Å². The molecule has 1 aromatic rings. The fraction of sp³-hybridized carbons (Fsp3) is 0.706. The van der Waals surface area contributed by atoms with Crippen molar-refractivity contribution in [3.63, 3.8) is 0 Å². The summed E-state index contributed by atoms with van der Waals surface area (Å²) in [6.45, 7) is 2.28. The highest BCUT2D eigenvalue weighted by molar-refractivity contribution is 7.09. The minimum atomic E-state index is -0.151. The largest absolute Gasteiger partial charge is 0.342 e. The van der Waals surface area contributed by atoms with Crippen LogP contribution in [0.1, 0.15) is 49.6 Å². The Bertz CT molecular complexity index is 585. The Kier molecular flexibility index (Phi) is 4.09. The zero-order valence-corrected chi connectivity index (χ0v) is 14.1. The average Bonchev–Trinajstić information content (AvgIpc) is 3.08. The molecular formula is C17H23N3O2S. The highest BCUT2D eigenvalue weighted by Crippen LogP contribution is 2.36. The molecule has 0 bridgehead atoms. The summed E-state index contributed by atoms with van der Waals surface area (Å²) >= 11 is 1.63. The molecular weight excluding hydrogens is 310 g/mol. The second-order valence-electron chi connectivity index (χ2n) is 7.06. The highest BCUT2D eigenvalue weighted by atomic mass is 32.1. The predicted molar refractivity (Wildman–Crippen MR) is 87.8 cm³/mol. The summed E-state index contributed by atoms with van der Waals surface area (Å²) < 4.78 is 0. The Labute approximate surface area is 140 Å². The van der Waals surface area contributed by atoms with Crippen molar-refractivity contribution in [1.82, 2.24) is 14.8 Å². The van der Waals surface area contributed by atoms with Crippen molar-refractivity contribution in [1.29, 1.82) is 0 Å². The topological polar surface area (TPSA) is 53.5 Å². The lowest BCUT2D eigenvalue weighted by Crippen LogP contribution is -2.42. The van der Waals surface area contributed by atoms with Crippen LogP contribution in [0.5, 0.6) is 0 Å². The van der Waals surface area contributed by atoms with Crippen LogP contribution >= 0.6 is 11.3 Å². The molecule has 3 fully saturated rings. The van der Waals surface area contributed by atoms with E-state index in [-0.39, 0.29) is 23.8 Å². The van der Waals surface area contributed by atoms with E-state index in [0.717, 1.165) is 37.4 Å². The Hall–Kier alpha value is -1.43. The van der Waals surface area contributed by atoms with Gasteiger partial charge in [0.05, 0.1) is 12.0 Å². The molecule has 124 valence electrons. The van der Waals surface area contributed by atoms with Gasteiger partial charge in [-0.2, -0.15) is 0 Å². The second kappa shape index (κ2) is 6.23. The molecule has 4 rings (SSSR count). The molecule has 23 heavy (non-hydrogen) atoms. The van der Waals surface area contributed by atoms with E-state index in [9.17, 15) is 9.59 Å². The summed E-state index contributed by atoms with van der Waals surface area (Å²) in [5.74, 6) is 0.863. The number of piperidine rings is 1. The third-order valence-corrected chi connectivity index (χ3v) is 6.14. The fourth-order valence-electron chi connectivity index (χ4n) is 3.81. The van der Waals surface area contributed by atoms with E-state index in [4.69, 9.17) is 0 Å². The van der Waals surface area contributed by atoms with Gasteiger partial charge in [-0.15, -0.1) is 11.3 Å². The number of aromatic nitrogens is 1. The standard InChI is InChI=1S/C17H23N3O2S/c21-15-9-13(11-19(15)10-12-4-5-12)17(22)20-7-2-1-3-14(20)16-18-6-8-23-16/h6,8,12-14H,1-5,7,9-11H2/t13-,14+/m0/s1. The predicted octanol–water partition coefficient (Wildman–Crippen LogP) is 2.46. The minimum Gasteiger partial charge on any atom is -0.342 e. The number of likely N-dealkylation sites (tertiary alicyclic amines) is 2. The summed E-state index contributed by atoms with van der Waals surface area (Å²) in [5.41, 5.74) is 0. The van der Waals surface area contributed by atoms with Gasteiger partial charge in [0, 0.05) is 37.6 Å². The molecule has 6 heteroatoms. The first kappa shape index (κ1) is 15.1. The molecule has 3 aliphatic rings. The third-order valence-electron chi connectivity index (χ3n) is 5.26. The van der Waals surface area contributed by atoms with Crippen molar-refractivity contribution in [2.45, 2.75) is 44.6 Å².